The molecule has 2 aromatic heterocycles. The van der Waals surface area contributed by atoms with Gasteiger partial charge in [0, 0.05) is 12.1 Å². The van der Waals surface area contributed by atoms with E-state index in [0.29, 0.717) is 6.42 Å². The minimum absolute atomic E-state index is 0.199. The van der Waals surface area contributed by atoms with Crippen LogP contribution in [0.4, 0.5) is 13.2 Å². The minimum atomic E-state index is -4.61. The van der Waals surface area contributed by atoms with E-state index in [4.69, 9.17) is 11.6 Å². The zero-order chi connectivity index (χ0) is 15.0. The first-order valence-electron chi connectivity index (χ1n) is 6.50. The summed E-state index contributed by atoms with van der Waals surface area (Å²) >= 11 is 5.73. The highest BCUT2D eigenvalue weighted by molar-refractivity contribution is 6.29. The lowest BCUT2D eigenvalue weighted by Gasteiger charge is -2.24. The molecule has 0 fully saturated rings. The van der Waals surface area contributed by atoms with E-state index in [1.54, 1.807) is 6.20 Å². The van der Waals surface area contributed by atoms with Crippen molar-refractivity contribution in [1.82, 2.24) is 15.0 Å². The number of fused-ring (bicyclic) bond motifs is 1. The maximum Gasteiger partial charge on any atom is 0.451 e. The molecule has 0 aliphatic heterocycles. The lowest BCUT2D eigenvalue weighted by atomic mass is 9.84. The smallest absolute Gasteiger partial charge is 0.260 e. The molecule has 1 unspecified atom stereocenters. The fourth-order valence-electron chi connectivity index (χ4n) is 2.64. The number of pyridine rings is 1. The molecule has 0 spiro atoms. The van der Waals surface area contributed by atoms with Crippen molar-refractivity contribution < 1.29 is 13.2 Å². The average molecular weight is 314 g/mol. The van der Waals surface area contributed by atoms with Crippen molar-refractivity contribution in [1.29, 1.82) is 0 Å². The third-order valence-electron chi connectivity index (χ3n) is 3.52. The van der Waals surface area contributed by atoms with Crippen LogP contribution in [0.3, 0.4) is 0 Å². The molecule has 7 heteroatoms. The monoisotopic (exact) mass is 313 g/mol. The van der Waals surface area contributed by atoms with Gasteiger partial charge in [-0.15, -0.1) is 0 Å². The molecule has 0 saturated carbocycles. The molecule has 0 saturated heterocycles. The fraction of sp³-hybridized carbons (Fsp3) is 0.357. The Bertz CT molecular complexity index is 673. The summed E-state index contributed by atoms with van der Waals surface area (Å²) in [6.07, 6.45) is -0.502. The predicted octanol–water partition coefficient (Wildman–Crippen LogP) is 4.01. The number of hydrogen-bond acceptors (Lipinski definition) is 3. The summed E-state index contributed by atoms with van der Waals surface area (Å²) in [5, 5.41) is -0.199. The van der Waals surface area contributed by atoms with Gasteiger partial charge in [0.15, 0.2) is 0 Å². The van der Waals surface area contributed by atoms with Crippen LogP contribution >= 0.6 is 11.6 Å². The van der Waals surface area contributed by atoms with Crippen LogP contribution in [-0.2, 0) is 12.6 Å². The Balaban J connectivity index is 2.08. The molecule has 0 aromatic carbocycles. The summed E-state index contributed by atoms with van der Waals surface area (Å²) < 4.78 is 38.4. The van der Waals surface area contributed by atoms with Crippen LogP contribution in [0.1, 0.15) is 41.5 Å². The quantitative estimate of drug-likeness (QED) is 0.747. The van der Waals surface area contributed by atoms with Crippen LogP contribution in [0.2, 0.25) is 5.15 Å². The highest BCUT2D eigenvalue weighted by Gasteiger charge is 2.36. The van der Waals surface area contributed by atoms with Crippen LogP contribution in [0.15, 0.2) is 24.4 Å². The zero-order valence-electron chi connectivity index (χ0n) is 10.9. The van der Waals surface area contributed by atoms with E-state index >= 15 is 0 Å². The van der Waals surface area contributed by atoms with E-state index in [-0.39, 0.29) is 16.8 Å². The van der Waals surface area contributed by atoms with Gasteiger partial charge in [0.05, 0.1) is 11.4 Å². The van der Waals surface area contributed by atoms with Gasteiger partial charge in [-0.2, -0.15) is 13.2 Å². The second-order valence-corrected chi connectivity index (χ2v) is 5.32. The first kappa shape index (κ1) is 14.3. The summed E-state index contributed by atoms with van der Waals surface area (Å²) in [5.41, 5.74) is 2.12. The molecule has 3 nitrogen and oxygen atoms in total. The second kappa shape index (κ2) is 5.26. The van der Waals surface area contributed by atoms with Crippen LogP contribution in [-0.4, -0.2) is 15.0 Å². The summed E-state index contributed by atoms with van der Waals surface area (Å²) in [5.74, 6) is -1.47. The second-order valence-electron chi connectivity index (χ2n) is 4.93. The Morgan fingerprint density at radius 2 is 2.05 bits per heavy atom. The molecule has 0 amide bonds. The Hall–Kier alpha value is -1.69. The largest absolute Gasteiger partial charge is 0.451 e. The Kier molecular flexibility index (Phi) is 3.57. The van der Waals surface area contributed by atoms with Crippen molar-refractivity contribution in [2.45, 2.75) is 31.4 Å². The first-order chi connectivity index (χ1) is 9.95. The number of nitrogens with zero attached hydrogens (tertiary/aromatic N) is 3. The Morgan fingerprint density at radius 1 is 1.24 bits per heavy atom. The van der Waals surface area contributed by atoms with E-state index < -0.39 is 12.0 Å². The molecule has 21 heavy (non-hydrogen) atoms. The highest BCUT2D eigenvalue weighted by atomic mass is 35.5. The lowest BCUT2D eigenvalue weighted by molar-refractivity contribution is -0.145. The normalized spacial score (nSPS) is 18.4. The number of hydrogen-bond donors (Lipinski definition) is 0. The maximum absolute atomic E-state index is 12.8. The van der Waals surface area contributed by atoms with Gasteiger partial charge in [0.1, 0.15) is 5.15 Å². The van der Waals surface area contributed by atoms with Gasteiger partial charge in [0.25, 0.3) is 0 Å². The van der Waals surface area contributed by atoms with Crippen molar-refractivity contribution in [3.8, 4) is 0 Å². The highest BCUT2D eigenvalue weighted by Crippen LogP contribution is 2.36. The number of aryl methyl sites for hydroxylation is 1. The van der Waals surface area contributed by atoms with E-state index in [0.717, 1.165) is 24.1 Å². The van der Waals surface area contributed by atoms with Gasteiger partial charge in [-0.05, 0) is 37.0 Å². The lowest BCUT2D eigenvalue weighted by Crippen LogP contribution is -2.18. The summed E-state index contributed by atoms with van der Waals surface area (Å²) in [6.45, 7) is 0. The maximum atomic E-state index is 12.8. The van der Waals surface area contributed by atoms with Gasteiger partial charge in [-0.3, -0.25) is 4.98 Å². The standard InChI is InChI=1S/C14H11ClF3N3/c15-11-7-10(20-13(21-11)14(16,17)18)9-5-1-3-8-4-2-6-19-12(8)9/h2,4,6-7,9H,1,3,5H2. The van der Waals surface area contributed by atoms with E-state index in [9.17, 15) is 13.2 Å². The molecular weight excluding hydrogens is 303 g/mol. The van der Waals surface area contributed by atoms with Crippen LogP contribution < -0.4 is 0 Å². The molecule has 0 bridgehead atoms. The summed E-state index contributed by atoms with van der Waals surface area (Å²) in [7, 11) is 0. The number of aromatic nitrogens is 3. The van der Waals surface area contributed by atoms with Crippen LogP contribution in [0.25, 0.3) is 0 Å². The molecule has 1 aliphatic carbocycles. The topological polar surface area (TPSA) is 38.7 Å². The molecular formula is C14H11ClF3N3. The Labute approximate surface area is 124 Å². The molecule has 0 radical (unpaired) electrons. The molecule has 0 N–H and O–H groups in total. The van der Waals surface area contributed by atoms with Crippen molar-refractivity contribution in [3.63, 3.8) is 0 Å². The van der Waals surface area contributed by atoms with E-state index in [1.165, 1.54) is 6.07 Å². The molecule has 1 aliphatic rings. The summed E-state index contributed by atoms with van der Waals surface area (Å²) in [4.78, 5) is 11.2. The molecule has 3 rings (SSSR count). The van der Waals surface area contributed by atoms with Gasteiger partial charge in [-0.25, -0.2) is 9.97 Å². The van der Waals surface area contributed by atoms with Crippen molar-refractivity contribution >= 4 is 11.6 Å². The molecule has 1 atom stereocenters. The van der Waals surface area contributed by atoms with Gasteiger partial charge >= 0.3 is 6.18 Å². The average Bonchev–Trinajstić information content (AvgIpc) is 2.45. The van der Waals surface area contributed by atoms with Gasteiger partial charge in [-0.1, -0.05) is 17.7 Å². The van der Waals surface area contributed by atoms with Crippen LogP contribution in [0, 0.1) is 0 Å². The number of alkyl halides is 3. The first-order valence-corrected chi connectivity index (χ1v) is 6.88. The van der Waals surface area contributed by atoms with Gasteiger partial charge < -0.3 is 0 Å². The van der Waals surface area contributed by atoms with Crippen molar-refractivity contribution in [2.75, 3.05) is 0 Å². The summed E-state index contributed by atoms with van der Waals surface area (Å²) in [6, 6.07) is 5.17. The SMILES string of the molecule is FC(F)(F)c1nc(Cl)cc(C2CCCc3cccnc32)n1. The van der Waals surface area contributed by atoms with Crippen LogP contribution in [0.5, 0.6) is 0 Å². The minimum Gasteiger partial charge on any atom is -0.260 e. The number of halogens is 4. The van der Waals surface area contributed by atoms with Crippen molar-refractivity contribution in [2.24, 2.45) is 0 Å². The van der Waals surface area contributed by atoms with Crippen molar-refractivity contribution in [3.05, 3.63) is 52.3 Å². The molecule has 2 heterocycles. The predicted molar refractivity (Wildman–Crippen MR) is 71.1 cm³/mol. The van der Waals surface area contributed by atoms with Gasteiger partial charge in [0.2, 0.25) is 5.82 Å². The van der Waals surface area contributed by atoms with E-state index in [1.807, 2.05) is 12.1 Å². The Morgan fingerprint density at radius 3 is 2.81 bits per heavy atom. The fourth-order valence-corrected chi connectivity index (χ4v) is 2.83. The molecule has 2 aromatic rings. The number of rotatable bonds is 1. The third-order valence-corrected chi connectivity index (χ3v) is 3.71. The molecule has 110 valence electrons. The zero-order valence-corrected chi connectivity index (χ0v) is 11.6. The van der Waals surface area contributed by atoms with E-state index in [2.05, 4.69) is 15.0 Å². The third kappa shape index (κ3) is 2.85.